The van der Waals surface area contributed by atoms with Crippen molar-refractivity contribution in [3.63, 3.8) is 0 Å². The first-order chi connectivity index (χ1) is 19.4. The molecule has 2 aromatic rings. The molecule has 0 aliphatic rings. The monoisotopic (exact) mass is 569 g/mol. The first-order valence-corrected chi connectivity index (χ1v) is 13.9. The minimum absolute atomic E-state index is 0.0429. The number of ether oxygens (including phenoxy) is 3. The molecule has 0 aliphatic carbocycles. The van der Waals surface area contributed by atoms with Gasteiger partial charge in [-0.05, 0) is 57.1 Å². The van der Waals surface area contributed by atoms with Crippen LogP contribution in [-0.4, -0.2) is 48.3 Å². The Morgan fingerprint density at radius 2 is 1.32 bits per heavy atom. The minimum Gasteiger partial charge on any atom is -0.459 e. The number of esters is 1. The van der Waals surface area contributed by atoms with Gasteiger partial charge in [-0.15, -0.1) is 0 Å². The number of alkyl carbamates (subject to hydrolysis) is 2. The average Bonchev–Trinajstić information content (AvgIpc) is 2.92. The van der Waals surface area contributed by atoms with Crippen LogP contribution in [0.5, 0.6) is 0 Å². The summed E-state index contributed by atoms with van der Waals surface area (Å²) in [6.45, 7) is 9.39. The Hall–Kier alpha value is -4.08. The zero-order valence-corrected chi connectivity index (χ0v) is 24.6. The van der Waals surface area contributed by atoms with Gasteiger partial charge in [0.2, 0.25) is 5.91 Å². The molecule has 0 saturated heterocycles. The maximum absolute atomic E-state index is 13.3. The molecule has 0 fully saturated rings. The Labute approximate surface area is 242 Å². The van der Waals surface area contributed by atoms with Crippen LogP contribution in [0.3, 0.4) is 0 Å². The van der Waals surface area contributed by atoms with Crippen LogP contribution in [0.2, 0.25) is 0 Å². The van der Waals surface area contributed by atoms with Gasteiger partial charge in [0.1, 0.15) is 30.9 Å². The summed E-state index contributed by atoms with van der Waals surface area (Å²) >= 11 is 0. The molecule has 2 atom stereocenters. The second-order valence-corrected chi connectivity index (χ2v) is 11.0. The number of hydrogen-bond acceptors (Lipinski definition) is 7. The molecule has 2 aromatic carbocycles. The highest BCUT2D eigenvalue weighted by molar-refractivity contribution is 5.89. The molecular formula is C31H43N3O7. The highest BCUT2D eigenvalue weighted by Crippen LogP contribution is 2.11. The van der Waals surface area contributed by atoms with E-state index in [1.54, 1.807) is 34.6 Å². The Morgan fingerprint density at radius 1 is 0.756 bits per heavy atom. The van der Waals surface area contributed by atoms with Gasteiger partial charge < -0.3 is 30.2 Å². The molecule has 3 N–H and O–H groups in total. The number of hydrogen-bond donors (Lipinski definition) is 3. The van der Waals surface area contributed by atoms with Crippen molar-refractivity contribution in [1.82, 2.24) is 16.0 Å². The summed E-state index contributed by atoms with van der Waals surface area (Å²) in [5, 5.41) is 8.04. The largest absolute Gasteiger partial charge is 0.459 e. The highest BCUT2D eigenvalue weighted by Gasteiger charge is 2.30. The second kappa shape index (κ2) is 16.9. The number of unbranched alkanes of at least 4 members (excludes halogenated alkanes) is 1. The van der Waals surface area contributed by atoms with Crippen LogP contribution in [0, 0.1) is 5.92 Å². The van der Waals surface area contributed by atoms with Crippen LogP contribution < -0.4 is 16.0 Å². The Bertz CT molecular complexity index is 1100. The van der Waals surface area contributed by atoms with Crippen molar-refractivity contribution in [3.05, 3.63) is 71.8 Å². The van der Waals surface area contributed by atoms with Crippen LogP contribution in [0.25, 0.3) is 0 Å². The third-order valence-corrected chi connectivity index (χ3v) is 5.85. The summed E-state index contributed by atoms with van der Waals surface area (Å²) in [6, 6.07) is 16.5. The van der Waals surface area contributed by atoms with Gasteiger partial charge in [-0.25, -0.2) is 14.4 Å². The molecule has 0 aromatic heterocycles. The lowest BCUT2D eigenvalue weighted by atomic mass is 10.0. The van der Waals surface area contributed by atoms with Crippen molar-refractivity contribution < 1.29 is 33.4 Å². The predicted molar refractivity (Wildman–Crippen MR) is 155 cm³/mol. The summed E-state index contributed by atoms with van der Waals surface area (Å²) in [5.74, 6) is -1.35. The molecule has 0 saturated carbocycles. The standard InChI is InChI=1S/C31H43N3O7/c1-22(2)26(28(36)39-20-23-14-8-6-9-15-23)34-27(35)25(18-12-13-19-32-29(37)41-31(3,4)5)33-30(38)40-21-24-16-10-7-11-17-24/h6-11,14-17,22,25-26H,12-13,18-21H2,1-5H3,(H,32,37)(H,33,38)(H,34,35)/t25-,26-/m0/s1. The van der Waals surface area contributed by atoms with Crippen LogP contribution in [0.1, 0.15) is 65.0 Å². The molecule has 224 valence electrons. The van der Waals surface area contributed by atoms with E-state index < -0.39 is 41.7 Å². The van der Waals surface area contributed by atoms with Gasteiger partial charge in [0.15, 0.2) is 0 Å². The molecule has 0 aliphatic heterocycles. The zero-order chi connectivity index (χ0) is 30.3. The molecule has 0 spiro atoms. The van der Waals surface area contributed by atoms with Gasteiger partial charge in [0, 0.05) is 6.54 Å². The molecule has 10 heteroatoms. The van der Waals surface area contributed by atoms with E-state index in [0.29, 0.717) is 19.4 Å². The predicted octanol–water partition coefficient (Wildman–Crippen LogP) is 4.86. The molecule has 0 heterocycles. The fourth-order valence-corrected chi connectivity index (χ4v) is 3.72. The number of amides is 3. The van der Waals surface area contributed by atoms with E-state index >= 15 is 0 Å². The van der Waals surface area contributed by atoms with Crippen molar-refractivity contribution >= 4 is 24.1 Å². The van der Waals surface area contributed by atoms with Gasteiger partial charge in [-0.1, -0.05) is 74.5 Å². The van der Waals surface area contributed by atoms with E-state index in [1.807, 2.05) is 60.7 Å². The van der Waals surface area contributed by atoms with E-state index in [2.05, 4.69) is 16.0 Å². The van der Waals surface area contributed by atoms with Crippen LogP contribution in [0.4, 0.5) is 9.59 Å². The van der Waals surface area contributed by atoms with Gasteiger partial charge in [-0.3, -0.25) is 4.79 Å². The summed E-state index contributed by atoms with van der Waals surface area (Å²) in [7, 11) is 0. The molecule has 0 unspecified atom stereocenters. The number of carbonyl (C=O) groups is 4. The maximum atomic E-state index is 13.3. The summed E-state index contributed by atoms with van der Waals surface area (Å²) in [6.07, 6.45) is 0.0112. The fourth-order valence-electron chi connectivity index (χ4n) is 3.72. The Balaban J connectivity index is 1.97. The molecule has 0 radical (unpaired) electrons. The highest BCUT2D eigenvalue weighted by atomic mass is 16.6. The summed E-state index contributed by atoms with van der Waals surface area (Å²) < 4.78 is 16.0. The quantitative estimate of drug-likeness (QED) is 0.168. The number of nitrogens with one attached hydrogen (secondary N) is 3. The first-order valence-electron chi connectivity index (χ1n) is 13.9. The maximum Gasteiger partial charge on any atom is 0.408 e. The Kier molecular flexibility index (Phi) is 13.6. The van der Waals surface area contributed by atoms with E-state index in [1.165, 1.54) is 0 Å². The third kappa shape index (κ3) is 13.7. The second-order valence-electron chi connectivity index (χ2n) is 11.0. The third-order valence-electron chi connectivity index (χ3n) is 5.85. The molecule has 10 nitrogen and oxygen atoms in total. The Morgan fingerprint density at radius 3 is 1.85 bits per heavy atom. The smallest absolute Gasteiger partial charge is 0.408 e. The summed E-state index contributed by atoms with van der Waals surface area (Å²) in [4.78, 5) is 50.6. The van der Waals surface area contributed by atoms with Crippen molar-refractivity contribution in [3.8, 4) is 0 Å². The van der Waals surface area contributed by atoms with Crippen LogP contribution >= 0.6 is 0 Å². The van der Waals surface area contributed by atoms with Crippen molar-refractivity contribution in [2.75, 3.05) is 6.54 Å². The lowest BCUT2D eigenvalue weighted by molar-refractivity contribution is -0.150. The van der Waals surface area contributed by atoms with Gasteiger partial charge in [0.05, 0.1) is 0 Å². The number of rotatable bonds is 14. The van der Waals surface area contributed by atoms with Gasteiger partial charge in [0.25, 0.3) is 0 Å². The molecular weight excluding hydrogens is 526 g/mol. The van der Waals surface area contributed by atoms with Crippen molar-refractivity contribution in [2.45, 2.75) is 84.8 Å². The normalized spacial score (nSPS) is 12.5. The van der Waals surface area contributed by atoms with Gasteiger partial charge >= 0.3 is 18.2 Å². The van der Waals surface area contributed by atoms with E-state index in [9.17, 15) is 19.2 Å². The number of carbonyl (C=O) groups excluding carboxylic acids is 4. The topological polar surface area (TPSA) is 132 Å². The van der Waals surface area contributed by atoms with Crippen LogP contribution in [-0.2, 0) is 37.0 Å². The molecule has 0 bridgehead atoms. The average molecular weight is 570 g/mol. The SMILES string of the molecule is CC(C)[C@H](NC(=O)[C@H](CCCCNC(=O)OC(C)(C)C)NC(=O)OCc1ccccc1)C(=O)OCc1ccccc1. The lowest BCUT2D eigenvalue weighted by Crippen LogP contribution is -2.53. The van der Waals surface area contributed by atoms with E-state index in [0.717, 1.165) is 11.1 Å². The molecule has 2 rings (SSSR count). The minimum atomic E-state index is -0.969. The summed E-state index contributed by atoms with van der Waals surface area (Å²) in [5.41, 5.74) is 1.03. The van der Waals surface area contributed by atoms with Gasteiger partial charge in [-0.2, -0.15) is 0 Å². The van der Waals surface area contributed by atoms with Crippen LogP contribution in [0.15, 0.2) is 60.7 Å². The fraction of sp³-hybridized carbons (Fsp3) is 0.484. The van der Waals surface area contributed by atoms with E-state index in [-0.39, 0.29) is 25.6 Å². The van der Waals surface area contributed by atoms with Crippen molar-refractivity contribution in [1.29, 1.82) is 0 Å². The van der Waals surface area contributed by atoms with E-state index in [4.69, 9.17) is 14.2 Å². The number of benzene rings is 2. The first kappa shape index (κ1) is 33.1. The molecule has 41 heavy (non-hydrogen) atoms. The lowest BCUT2D eigenvalue weighted by Gasteiger charge is -2.25. The zero-order valence-electron chi connectivity index (χ0n) is 24.6. The van der Waals surface area contributed by atoms with Crippen molar-refractivity contribution in [2.24, 2.45) is 5.92 Å². The molecule has 3 amide bonds.